The quantitative estimate of drug-likeness (QED) is 0.819. The number of halogens is 5. The SMILES string of the molecule is Cl.O=C(NC1C2CNCC21)c1cccc(C(F)(F)F)c1F. The molecule has 0 radical (unpaired) electrons. The Labute approximate surface area is 124 Å². The predicted octanol–water partition coefficient (Wildman–Crippen LogP) is 2.21. The topological polar surface area (TPSA) is 41.1 Å². The number of carbonyl (C=O) groups is 1. The molecule has 1 amide bonds. The zero-order valence-electron chi connectivity index (χ0n) is 10.7. The molecule has 1 saturated heterocycles. The smallest absolute Gasteiger partial charge is 0.349 e. The van der Waals surface area contributed by atoms with Gasteiger partial charge in [0.25, 0.3) is 5.91 Å². The molecule has 2 atom stereocenters. The molecule has 1 saturated carbocycles. The van der Waals surface area contributed by atoms with Gasteiger partial charge in [-0.05, 0) is 24.0 Å². The summed E-state index contributed by atoms with van der Waals surface area (Å²) in [6.45, 7) is 1.56. The molecule has 3 nitrogen and oxygen atoms in total. The molecule has 1 heterocycles. The number of hydrogen-bond acceptors (Lipinski definition) is 2. The Balaban J connectivity index is 0.00000161. The van der Waals surface area contributed by atoms with Crippen molar-refractivity contribution in [2.75, 3.05) is 13.1 Å². The van der Waals surface area contributed by atoms with Crippen molar-refractivity contribution in [3.63, 3.8) is 0 Å². The highest BCUT2D eigenvalue weighted by Crippen LogP contribution is 2.42. The largest absolute Gasteiger partial charge is 0.419 e. The van der Waals surface area contributed by atoms with Crippen LogP contribution in [-0.2, 0) is 6.18 Å². The molecule has 0 spiro atoms. The molecule has 8 heteroatoms. The normalized spacial score (nSPS) is 26.8. The van der Waals surface area contributed by atoms with Crippen LogP contribution in [0.3, 0.4) is 0 Å². The molecular weight excluding hydrogens is 312 g/mol. The Morgan fingerprint density at radius 1 is 1.24 bits per heavy atom. The van der Waals surface area contributed by atoms with Gasteiger partial charge in [0.15, 0.2) is 0 Å². The van der Waals surface area contributed by atoms with Crippen LogP contribution in [0, 0.1) is 17.7 Å². The van der Waals surface area contributed by atoms with E-state index < -0.39 is 29.0 Å². The van der Waals surface area contributed by atoms with Gasteiger partial charge in [-0.1, -0.05) is 6.07 Å². The van der Waals surface area contributed by atoms with Crippen LogP contribution in [0.15, 0.2) is 18.2 Å². The van der Waals surface area contributed by atoms with Crippen molar-refractivity contribution in [1.29, 1.82) is 0 Å². The van der Waals surface area contributed by atoms with E-state index in [1.54, 1.807) is 0 Å². The van der Waals surface area contributed by atoms with E-state index in [0.717, 1.165) is 25.2 Å². The number of benzene rings is 1. The zero-order chi connectivity index (χ0) is 14.5. The maximum atomic E-state index is 13.8. The lowest BCUT2D eigenvalue weighted by molar-refractivity contribution is -0.140. The van der Waals surface area contributed by atoms with Gasteiger partial charge in [-0.25, -0.2) is 4.39 Å². The number of amides is 1. The van der Waals surface area contributed by atoms with E-state index >= 15 is 0 Å². The van der Waals surface area contributed by atoms with E-state index in [4.69, 9.17) is 0 Å². The highest BCUT2D eigenvalue weighted by atomic mass is 35.5. The summed E-state index contributed by atoms with van der Waals surface area (Å²) in [5.41, 5.74) is -1.97. The van der Waals surface area contributed by atoms with Crippen LogP contribution >= 0.6 is 12.4 Å². The molecule has 2 N–H and O–H groups in total. The van der Waals surface area contributed by atoms with E-state index in [-0.39, 0.29) is 18.4 Å². The van der Waals surface area contributed by atoms with E-state index in [1.165, 1.54) is 0 Å². The second-order valence-corrected chi connectivity index (χ2v) is 5.15. The van der Waals surface area contributed by atoms with Crippen LogP contribution < -0.4 is 10.6 Å². The van der Waals surface area contributed by atoms with Crippen molar-refractivity contribution in [2.24, 2.45) is 11.8 Å². The highest BCUT2D eigenvalue weighted by Gasteiger charge is 2.53. The number of nitrogens with one attached hydrogen (secondary N) is 2. The van der Waals surface area contributed by atoms with Gasteiger partial charge in [0, 0.05) is 19.1 Å². The summed E-state index contributed by atoms with van der Waals surface area (Å²) < 4.78 is 51.5. The number of fused-ring (bicyclic) bond motifs is 1. The fraction of sp³-hybridized carbons (Fsp3) is 0.462. The number of carbonyl (C=O) groups excluding carboxylic acids is 1. The van der Waals surface area contributed by atoms with Gasteiger partial charge < -0.3 is 10.6 Å². The standard InChI is InChI=1S/C13H12F4N2O.ClH/c14-10-6(2-1-3-9(10)13(15,16)17)12(20)19-11-7-4-18-5-8(7)11;/h1-3,7-8,11,18H,4-5H2,(H,19,20);1H. The summed E-state index contributed by atoms with van der Waals surface area (Å²) in [7, 11) is 0. The second kappa shape index (κ2) is 5.46. The summed E-state index contributed by atoms with van der Waals surface area (Å²) in [6, 6.07) is 2.67. The molecule has 3 rings (SSSR count). The molecule has 0 aromatic heterocycles. The van der Waals surface area contributed by atoms with Crippen molar-refractivity contribution < 1.29 is 22.4 Å². The van der Waals surface area contributed by atoms with E-state index in [1.807, 2.05) is 0 Å². The molecule has 1 aliphatic carbocycles. The van der Waals surface area contributed by atoms with Gasteiger partial charge in [-0.2, -0.15) is 13.2 Å². The number of piperidine rings is 1. The first-order chi connectivity index (χ1) is 9.39. The molecule has 1 aliphatic heterocycles. The molecule has 116 valence electrons. The summed E-state index contributed by atoms with van der Waals surface area (Å²) in [5.74, 6) is -1.67. The van der Waals surface area contributed by atoms with Crippen LogP contribution in [0.4, 0.5) is 17.6 Å². The number of alkyl halides is 3. The third kappa shape index (κ3) is 2.85. The van der Waals surface area contributed by atoms with Gasteiger partial charge in [0.1, 0.15) is 5.82 Å². The van der Waals surface area contributed by atoms with Gasteiger partial charge in [0.05, 0.1) is 11.1 Å². The molecule has 1 aromatic carbocycles. The minimum absolute atomic E-state index is 0. The Morgan fingerprint density at radius 3 is 2.43 bits per heavy atom. The predicted molar refractivity (Wildman–Crippen MR) is 69.8 cm³/mol. The van der Waals surface area contributed by atoms with Crippen molar-refractivity contribution in [1.82, 2.24) is 10.6 Å². The van der Waals surface area contributed by atoms with E-state index in [0.29, 0.717) is 17.9 Å². The molecule has 2 unspecified atom stereocenters. The maximum Gasteiger partial charge on any atom is 0.419 e. The second-order valence-electron chi connectivity index (χ2n) is 5.15. The lowest BCUT2D eigenvalue weighted by Gasteiger charge is -2.12. The summed E-state index contributed by atoms with van der Waals surface area (Å²) >= 11 is 0. The van der Waals surface area contributed by atoms with Crippen molar-refractivity contribution in [3.05, 3.63) is 35.1 Å². The van der Waals surface area contributed by atoms with E-state index in [9.17, 15) is 22.4 Å². The van der Waals surface area contributed by atoms with Gasteiger partial charge in [-0.15, -0.1) is 12.4 Å². The monoisotopic (exact) mass is 324 g/mol. The zero-order valence-corrected chi connectivity index (χ0v) is 11.5. The molecule has 2 aliphatic rings. The summed E-state index contributed by atoms with van der Waals surface area (Å²) in [5, 5.41) is 5.74. The van der Waals surface area contributed by atoms with Crippen molar-refractivity contribution >= 4 is 18.3 Å². The highest BCUT2D eigenvalue weighted by molar-refractivity contribution is 5.95. The van der Waals surface area contributed by atoms with Gasteiger partial charge in [-0.3, -0.25) is 4.79 Å². The first kappa shape index (κ1) is 16.0. The first-order valence-corrected chi connectivity index (χ1v) is 6.27. The van der Waals surface area contributed by atoms with Gasteiger partial charge >= 0.3 is 6.18 Å². The molecule has 1 aromatic rings. The fourth-order valence-corrected chi connectivity index (χ4v) is 2.79. The van der Waals surface area contributed by atoms with Crippen LogP contribution in [-0.4, -0.2) is 25.0 Å². The molecule has 0 bridgehead atoms. The van der Waals surface area contributed by atoms with Crippen LogP contribution in [0.2, 0.25) is 0 Å². The summed E-state index contributed by atoms with van der Waals surface area (Å²) in [4.78, 5) is 11.9. The van der Waals surface area contributed by atoms with Gasteiger partial charge in [0.2, 0.25) is 0 Å². The maximum absolute atomic E-state index is 13.8. The fourth-order valence-electron chi connectivity index (χ4n) is 2.79. The van der Waals surface area contributed by atoms with E-state index in [2.05, 4.69) is 10.6 Å². The lowest BCUT2D eigenvalue weighted by Crippen LogP contribution is -2.33. The molecule has 21 heavy (non-hydrogen) atoms. The van der Waals surface area contributed by atoms with Crippen LogP contribution in [0.25, 0.3) is 0 Å². The number of hydrogen-bond donors (Lipinski definition) is 2. The molecular formula is C13H13ClF4N2O. The third-order valence-electron chi connectivity index (χ3n) is 3.94. The Kier molecular flexibility index (Phi) is 4.17. The molecule has 2 fully saturated rings. The Morgan fingerprint density at radius 2 is 1.86 bits per heavy atom. The lowest BCUT2D eigenvalue weighted by atomic mass is 10.1. The Hall–Kier alpha value is -1.34. The minimum Gasteiger partial charge on any atom is -0.349 e. The minimum atomic E-state index is -4.81. The third-order valence-corrected chi connectivity index (χ3v) is 3.94. The van der Waals surface area contributed by atoms with Crippen LogP contribution in [0.1, 0.15) is 15.9 Å². The van der Waals surface area contributed by atoms with Crippen molar-refractivity contribution in [2.45, 2.75) is 12.2 Å². The van der Waals surface area contributed by atoms with Crippen molar-refractivity contribution in [3.8, 4) is 0 Å². The number of rotatable bonds is 2. The average molecular weight is 325 g/mol. The summed E-state index contributed by atoms with van der Waals surface area (Å²) in [6.07, 6.45) is -4.81. The Bertz CT molecular complexity index is 554. The average Bonchev–Trinajstić information content (AvgIpc) is 2.82. The van der Waals surface area contributed by atoms with Crippen LogP contribution in [0.5, 0.6) is 0 Å². The first-order valence-electron chi connectivity index (χ1n) is 6.27.